The van der Waals surface area contributed by atoms with Gasteiger partial charge in [-0.1, -0.05) is 133 Å². The first-order valence-corrected chi connectivity index (χ1v) is 20.0. The fourth-order valence-corrected chi connectivity index (χ4v) is 9.37. The van der Waals surface area contributed by atoms with E-state index in [2.05, 4.69) is 203 Å². The number of aromatic nitrogens is 4. The molecule has 9 aromatic carbocycles. The minimum atomic E-state index is 0.547. The Hall–Kier alpha value is -8.02. The van der Waals surface area contributed by atoms with Crippen molar-refractivity contribution >= 4 is 87.2 Å². The lowest BCUT2D eigenvalue weighted by Gasteiger charge is -2.11. The first kappa shape index (κ1) is 32.1. The summed E-state index contributed by atoms with van der Waals surface area (Å²) < 4.78 is 11.3. The van der Waals surface area contributed by atoms with Crippen molar-refractivity contribution in [1.82, 2.24) is 19.1 Å². The van der Waals surface area contributed by atoms with Crippen LogP contribution in [0.25, 0.3) is 121 Å². The van der Waals surface area contributed by atoms with Gasteiger partial charge in [-0.3, -0.25) is 4.57 Å². The summed E-state index contributed by atoms with van der Waals surface area (Å²) in [6.45, 7) is 0. The quantitative estimate of drug-likeness (QED) is 0.180. The van der Waals surface area contributed by atoms with Crippen LogP contribution in [0.1, 0.15) is 0 Å². The van der Waals surface area contributed by atoms with Crippen LogP contribution in [0.2, 0.25) is 0 Å². The zero-order valence-corrected chi connectivity index (χ0v) is 31.7. The zero-order chi connectivity index (χ0) is 38.6. The maximum atomic E-state index is 6.77. The molecular weight excluding hydrogens is 721 g/mol. The van der Waals surface area contributed by atoms with Gasteiger partial charge in [0.2, 0.25) is 11.7 Å². The summed E-state index contributed by atoms with van der Waals surface area (Å²) in [4.78, 5) is 10.9. The summed E-state index contributed by atoms with van der Waals surface area (Å²) in [6.07, 6.45) is 0. The van der Waals surface area contributed by atoms with E-state index in [1.54, 1.807) is 0 Å². The van der Waals surface area contributed by atoms with Crippen LogP contribution in [0, 0.1) is 0 Å². The van der Waals surface area contributed by atoms with Gasteiger partial charge in [0.15, 0.2) is 0 Å². The average molecular weight is 753 g/mol. The molecule has 274 valence electrons. The van der Waals surface area contributed by atoms with E-state index < -0.39 is 0 Å². The standard InChI is InChI=1S/C54H32N4O/c1-2-16-40(17-3-1)57-46-20-10-8-18-41(46)43-26-24-39(32-48(43)57)52-51-45-30-38(37-23-22-33-12-4-5-13-34(33)28-37)25-27-50(45)59-53(51)56-54(55-52)58-47-21-11-9-19-42(47)44-29-35-14-6-7-15-36(35)31-49(44)58/h1-32H. The molecule has 0 spiro atoms. The van der Waals surface area contributed by atoms with Crippen LogP contribution in [0.4, 0.5) is 0 Å². The summed E-state index contributed by atoms with van der Waals surface area (Å²) in [5, 5.41) is 11.3. The van der Waals surface area contributed by atoms with Crippen molar-refractivity contribution in [3.63, 3.8) is 0 Å². The fourth-order valence-electron chi connectivity index (χ4n) is 9.37. The SMILES string of the molecule is c1ccc(-n2c3ccccc3c3ccc(-c4nc(-n5c6ccccc6c6cc7ccccc7cc65)nc5oc6ccc(-c7ccc8ccccc8c7)cc6c45)cc32)cc1. The van der Waals surface area contributed by atoms with Crippen molar-refractivity contribution < 1.29 is 4.42 Å². The maximum Gasteiger partial charge on any atom is 0.238 e. The molecule has 13 rings (SSSR count). The Balaban J connectivity index is 1.13. The minimum Gasteiger partial charge on any atom is -0.437 e. The number of nitrogens with zero attached hydrogens (tertiary/aromatic N) is 4. The Bertz CT molecular complexity index is 3850. The molecule has 0 amide bonds. The lowest BCUT2D eigenvalue weighted by atomic mass is 9.98. The van der Waals surface area contributed by atoms with Gasteiger partial charge in [-0.15, -0.1) is 0 Å². The molecule has 0 radical (unpaired) electrons. The molecule has 59 heavy (non-hydrogen) atoms. The molecule has 0 N–H and O–H groups in total. The average Bonchev–Trinajstić information content (AvgIpc) is 3.94. The van der Waals surface area contributed by atoms with Gasteiger partial charge in [0.1, 0.15) is 5.58 Å². The van der Waals surface area contributed by atoms with Crippen LogP contribution in [0.15, 0.2) is 199 Å². The van der Waals surface area contributed by atoms with Crippen molar-refractivity contribution in [3.8, 4) is 34.0 Å². The third kappa shape index (κ3) is 4.79. The Morgan fingerprint density at radius 3 is 1.76 bits per heavy atom. The molecule has 0 aliphatic carbocycles. The molecule has 0 aliphatic rings. The van der Waals surface area contributed by atoms with Crippen molar-refractivity contribution in [2.24, 2.45) is 0 Å². The second-order valence-electron chi connectivity index (χ2n) is 15.4. The first-order chi connectivity index (χ1) is 29.2. The van der Waals surface area contributed by atoms with E-state index in [1.165, 1.54) is 26.9 Å². The highest BCUT2D eigenvalue weighted by Gasteiger charge is 2.23. The maximum absolute atomic E-state index is 6.77. The minimum absolute atomic E-state index is 0.547. The molecule has 0 fully saturated rings. The Morgan fingerprint density at radius 2 is 0.949 bits per heavy atom. The smallest absolute Gasteiger partial charge is 0.238 e. The molecule has 0 bridgehead atoms. The van der Waals surface area contributed by atoms with E-state index in [1.807, 2.05) is 0 Å². The molecule has 13 aromatic rings. The Kier molecular flexibility index (Phi) is 6.66. The topological polar surface area (TPSA) is 48.8 Å². The zero-order valence-electron chi connectivity index (χ0n) is 31.7. The van der Waals surface area contributed by atoms with Gasteiger partial charge in [-0.05, 0) is 93.3 Å². The lowest BCUT2D eigenvalue weighted by molar-refractivity contribution is 0.651. The van der Waals surface area contributed by atoms with Crippen LogP contribution in [-0.2, 0) is 0 Å². The highest BCUT2D eigenvalue weighted by molar-refractivity contribution is 6.16. The normalized spacial score (nSPS) is 12.1. The summed E-state index contributed by atoms with van der Waals surface area (Å²) >= 11 is 0. The van der Waals surface area contributed by atoms with E-state index in [-0.39, 0.29) is 0 Å². The number of benzene rings is 9. The largest absolute Gasteiger partial charge is 0.437 e. The molecule has 4 heterocycles. The van der Waals surface area contributed by atoms with Crippen molar-refractivity contribution in [2.45, 2.75) is 0 Å². The second kappa shape index (κ2) is 12.2. The highest BCUT2D eigenvalue weighted by atomic mass is 16.3. The molecule has 0 saturated carbocycles. The van der Waals surface area contributed by atoms with Gasteiger partial charge in [0.25, 0.3) is 0 Å². The number of para-hydroxylation sites is 3. The van der Waals surface area contributed by atoms with Gasteiger partial charge in [0, 0.05) is 38.2 Å². The van der Waals surface area contributed by atoms with Gasteiger partial charge in [0.05, 0.1) is 33.1 Å². The molecule has 5 heteroatoms. The molecule has 4 aromatic heterocycles. The van der Waals surface area contributed by atoms with Gasteiger partial charge in [-0.2, -0.15) is 4.98 Å². The van der Waals surface area contributed by atoms with Crippen LogP contribution in [-0.4, -0.2) is 19.1 Å². The summed E-state index contributed by atoms with van der Waals surface area (Å²) in [5.41, 5.74) is 10.8. The van der Waals surface area contributed by atoms with Crippen molar-refractivity contribution in [1.29, 1.82) is 0 Å². The second-order valence-corrected chi connectivity index (χ2v) is 15.4. The third-order valence-corrected chi connectivity index (χ3v) is 12.1. The van der Waals surface area contributed by atoms with Crippen molar-refractivity contribution in [3.05, 3.63) is 194 Å². The summed E-state index contributed by atoms with van der Waals surface area (Å²) in [6, 6.07) is 69.2. The van der Waals surface area contributed by atoms with E-state index in [0.717, 1.165) is 82.7 Å². The molecule has 0 atom stereocenters. The lowest BCUT2D eigenvalue weighted by Crippen LogP contribution is -2.03. The number of fused-ring (bicyclic) bond motifs is 11. The van der Waals surface area contributed by atoms with Crippen molar-refractivity contribution in [2.75, 3.05) is 0 Å². The third-order valence-electron chi connectivity index (χ3n) is 12.1. The Labute approximate surface area is 337 Å². The summed E-state index contributed by atoms with van der Waals surface area (Å²) in [7, 11) is 0. The number of furan rings is 1. The molecule has 0 unspecified atom stereocenters. The van der Waals surface area contributed by atoms with E-state index in [4.69, 9.17) is 14.4 Å². The van der Waals surface area contributed by atoms with Crippen LogP contribution < -0.4 is 0 Å². The van der Waals surface area contributed by atoms with Crippen LogP contribution >= 0.6 is 0 Å². The van der Waals surface area contributed by atoms with Crippen LogP contribution in [0.5, 0.6) is 0 Å². The highest BCUT2D eigenvalue weighted by Crippen LogP contribution is 2.42. The molecular formula is C54H32N4O. The molecule has 5 nitrogen and oxygen atoms in total. The van der Waals surface area contributed by atoms with Gasteiger partial charge in [-0.25, -0.2) is 4.98 Å². The van der Waals surface area contributed by atoms with E-state index in [0.29, 0.717) is 11.7 Å². The monoisotopic (exact) mass is 752 g/mol. The Morgan fingerprint density at radius 1 is 0.356 bits per heavy atom. The van der Waals surface area contributed by atoms with Crippen LogP contribution in [0.3, 0.4) is 0 Å². The molecule has 0 aliphatic heterocycles. The van der Waals surface area contributed by atoms with Gasteiger partial charge < -0.3 is 8.98 Å². The van der Waals surface area contributed by atoms with Gasteiger partial charge >= 0.3 is 0 Å². The number of hydrogen-bond donors (Lipinski definition) is 0. The number of rotatable bonds is 4. The van der Waals surface area contributed by atoms with E-state index in [9.17, 15) is 0 Å². The fraction of sp³-hybridized carbons (Fsp3) is 0. The number of hydrogen-bond acceptors (Lipinski definition) is 3. The van der Waals surface area contributed by atoms with E-state index >= 15 is 0 Å². The first-order valence-electron chi connectivity index (χ1n) is 20.0. The predicted molar refractivity (Wildman–Crippen MR) is 244 cm³/mol. The molecule has 0 saturated heterocycles. The predicted octanol–water partition coefficient (Wildman–Crippen LogP) is 14.2. The summed E-state index contributed by atoms with van der Waals surface area (Å²) in [5.74, 6) is 0.562.